The van der Waals surface area contributed by atoms with Gasteiger partial charge >= 0.3 is 0 Å². The molecule has 1 aliphatic carbocycles. The van der Waals surface area contributed by atoms with E-state index in [1.54, 1.807) is 6.20 Å². The number of nitrogens with two attached hydrogens (primary N) is 1. The Kier molecular flexibility index (Phi) is 3.03. The van der Waals surface area contributed by atoms with Crippen molar-refractivity contribution in [1.82, 2.24) is 4.98 Å². The summed E-state index contributed by atoms with van der Waals surface area (Å²) in [5.41, 5.74) is 9.11. The Morgan fingerprint density at radius 3 is 2.89 bits per heavy atom. The molecule has 1 heterocycles. The summed E-state index contributed by atoms with van der Waals surface area (Å²) in [5.74, 6) is 0. The topological polar surface area (TPSA) is 71.2 Å². The first-order chi connectivity index (χ1) is 9.24. The minimum Gasteiger partial charge on any atom is -0.397 e. The number of hydrogen-bond acceptors (Lipinski definition) is 4. The lowest BCUT2D eigenvalue weighted by atomic mass is 10.0. The number of anilines is 2. The zero-order chi connectivity index (χ0) is 13.3. The van der Waals surface area contributed by atoms with Crippen LogP contribution in [-0.2, 0) is 0 Å². The van der Waals surface area contributed by atoms with Crippen LogP contribution < -0.4 is 11.1 Å². The summed E-state index contributed by atoms with van der Waals surface area (Å²) in [4.78, 5) is 4.29. The molecule has 4 nitrogen and oxygen atoms in total. The molecule has 1 aliphatic rings. The summed E-state index contributed by atoms with van der Waals surface area (Å²) < 4.78 is 0. The van der Waals surface area contributed by atoms with Crippen LogP contribution in [-0.4, -0.2) is 23.2 Å². The summed E-state index contributed by atoms with van der Waals surface area (Å²) in [5, 5.41) is 13.5. The Bertz CT molecular complexity index is 593. The lowest BCUT2D eigenvalue weighted by Crippen LogP contribution is -2.17. The number of hydrogen-bond donors (Lipinski definition) is 3. The lowest BCUT2D eigenvalue weighted by Gasteiger charge is -2.17. The quantitative estimate of drug-likeness (QED) is 0.719. The second-order valence-corrected chi connectivity index (χ2v) is 5.42. The van der Waals surface area contributed by atoms with E-state index in [-0.39, 0.29) is 12.0 Å². The number of aromatic nitrogens is 1. The van der Waals surface area contributed by atoms with Crippen molar-refractivity contribution in [1.29, 1.82) is 0 Å². The number of aliphatic hydroxyl groups excluding tert-OH is 1. The predicted molar refractivity (Wildman–Crippen MR) is 78.0 cm³/mol. The normalized spacial score (nSPS) is 16.5. The number of fused-ring (bicyclic) bond motifs is 1. The van der Waals surface area contributed by atoms with Crippen LogP contribution in [0.3, 0.4) is 0 Å². The van der Waals surface area contributed by atoms with E-state index < -0.39 is 0 Å². The molecule has 0 saturated heterocycles. The van der Waals surface area contributed by atoms with Crippen LogP contribution in [0.2, 0.25) is 0 Å². The second-order valence-electron chi connectivity index (χ2n) is 5.42. The molecular weight excluding hydrogens is 238 g/mol. The number of nitrogens with one attached hydrogen (secondary N) is 1. The number of nitrogen functional groups attached to an aromatic ring is 1. The van der Waals surface area contributed by atoms with E-state index in [1.165, 1.54) is 12.8 Å². The van der Waals surface area contributed by atoms with E-state index >= 15 is 0 Å². The van der Waals surface area contributed by atoms with Crippen molar-refractivity contribution in [3.05, 3.63) is 30.5 Å². The highest BCUT2D eigenvalue weighted by Crippen LogP contribution is 2.48. The van der Waals surface area contributed by atoms with E-state index in [9.17, 15) is 0 Å². The SMILES string of the molecule is Nc1c(NCC2(CCO)CC2)ccc2ncccc12. The zero-order valence-corrected chi connectivity index (χ0v) is 10.9. The van der Waals surface area contributed by atoms with Gasteiger partial charge in [-0.3, -0.25) is 4.98 Å². The Morgan fingerprint density at radius 1 is 1.32 bits per heavy atom. The molecule has 100 valence electrons. The number of nitrogens with zero attached hydrogens (tertiary/aromatic N) is 1. The van der Waals surface area contributed by atoms with Gasteiger partial charge in [-0.2, -0.15) is 0 Å². The minimum atomic E-state index is 0.263. The van der Waals surface area contributed by atoms with Gasteiger partial charge in [0.1, 0.15) is 0 Å². The van der Waals surface area contributed by atoms with Crippen LogP contribution in [0, 0.1) is 5.41 Å². The highest BCUT2D eigenvalue weighted by Gasteiger charge is 2.41. The van der Waals surface area contributed by atoms with Crippen molar-refractivity contribution < 1.29 is 5.11 Å². The molecule has 4 heteroatoms. The Balaban J connectivity index is 1.80. The summed E-state index contributed by atoms with van der Waals surface area (Å²) in [6.45, 7) is 1.14. The van der Waals surface area contributed by atoms with Crippen molar-refractivity contribution >= 4 is 22.3 Å². The van der Waals surface area contributed by atoms with Gasteiger partial charge in [0.15, 0.2) is 0 Å². The van der Waals surface area contributed by atoms with E-state index in [2.05, 4.69) is 10.3 Å². The number of pyridine rings is 1. The summed E-state index contributed by atoms with van der Waals surface area (Å²) >= 11 is 0. The third-order valence-electron chi connectivity index (χ3n) is 4.08. The van der Waals surface area contributed by atoms with Gasteiger partial charge in [-0.05, 0) is 48.9 Å². The maximum Gasteiger partial charge on any atom is 0.0724 e. The first kappa shape index (κ1) is 12.2. The highest BCUT2D eigenvalue weighted by molar-refractivity contribution is 5.96. The molecule has 1 fully saturated rings. The fourth-order valence-corrected chi connectivity index (χ4v) is 2.54. The number of aliphatic hydroxyl groups is 1. The Morgan fingerprint density at radius 2 is 2.16 bits per heavy atom. The van der Waals surface area contributed by atoms with Crippen LogP contribution >= 0.6 is 0 Å². The van der Waals surface area contributed by atoms with Crippen LogP contribution in [0.5, 0.6) is 0 Å². The maximum absolute atomic E-state index is 9.07. The molecule has 4 N–H and O–H groups in total. The molecule has 0 radical (unpaired) electrons. The average molecular weight is 257 g/mol. The Labute approximate surface area is 112 Å². The monoisotopic (exact) mass is 257 g/mol. The molecule has 0 spiro atoms. The molecule has 3 rings (SSSR count). The smallest absolute Gasteiger partial charge is 0.0724 e. The van der Waals surface area contributed by atoms with E-state index in [0.717, 1.165) is 35.2 Å². The van der Waals surface area contributed by atoms with E-state index in [0.29, 0.717) is 0 Å². The standard InChI is InChI=1S/C15H19N3O/c16-14-11-2-1-8-17-12(11)3-4-13(14)18-10-15(5-6-15)7-9-19/h1-4,8,18-19H,5-7,9-10,16H2. The van der Waals surface area contributed by atoms with Gasteiger partial charge in [0.05, 0.1) is 16.9 Å². The number of rotatable bonds is 5. The maximum atomic E-state index is 9.07. The largest absolute Gasteiger partial charge is 0.397 e. The van der Waals surface area contributed by atoms with Gasteiger partial charge in [0, 0.05) is 24.7 Å². The predicted octanol–water partition coefficient (Wildman–Crippen LogP) is 2.39. The molecule has 1 aromatic carbocycles. The van der Waals surface area contributed by atoms with Gasteiger partial charge in [-0.1, -0.05) is 0 Å². The van der Waals surface area contributed by atoms with Crippen LogP contribution in [0.1, 0.15) is 19.3 Å². The van der Waals surface area contributed by atoms with Gasteiger partial charge in [-0.15, -0.1) is 0 Å². The van der Waals surface area contributed by atoms with E-state index in [4.69, 9.17) is 10.8 Å². The first-order valence-electron chi connectivity index (χ1n) is 6.72. The van der Waals surface area contributed by atoms with Crippen LogP contribution in [0.25, 0.3) is 10.9 Å². The van der Waals surface area contributed by atoms with Crippen molar-refractivity contribution in [3.63, 3.8) is 0 Å². The Hall–Kier alpha value is -1.81. The van der Waals surface area contributed by atoms with Crippen molar-refractivity contribution in [2.45, 2.75) is 19.3 Å². The fraction of sp³-hybridized carbons (Fsp3) is 0.400. The van der Waals surface area contributed by atoms with Gasteiger partial charge in [0.2, 0.25) is 0 Å². The molecule has 0 bridgehead atoms. The van der Waals surface area contributed by atoms with Crippen LogP contribution in [0.4, 0.5) is 11.4 Å². The van der Waals surface area contributed by atoms with Crippen molar-refractivity contribution in [2.75, 3.05) is 24.2 Å². The molecule has 19 heavy (non-hydrogen) atoms. The molecule has 1 saturated carbocycles. The molecule has 0 amide bonds. The van der Waals surface area contributed by atoms with Crippen molar-refractivity contribution in [3.8, 4) is 0 Å². The second kappa shape index (κ2) is 4.70. The lowest BCUT2D eigenvalue weighted by molar-refractivity contribution is 0.253. The molecule has 2 aromatic rings. The summed E-state index contributed by atoms with van der Waals surface area (Å²) in [6, 6.07) is 7.86. The minimum absolute atomic E-state index is 0.263. The summed E-state index contributed by atoms with van der Waals surface area (Å²) in [6.07, 6.45) is 5.02. The zero-order valence-electron chi connectivity index (χ0n) is 10.9. The highest BCUT2D eigenvalue weighted by atomic mass is 16.3. The third-order valence-corrected chi connectivity index (χ3v) is 4.08. The van der Waals surface area contributed by atoms with Crippen LogP contribution in [0.15, 0.2) is 30.5 Å². The third kappa shape index (κ3) is 2.36. The van der Waals surface area contributed by atoms with E-state index in [1.807, 2.05) is 24.3 Å². The number of benzene rings is 1. The molecule has 0 atom stereocenters. The van der Waals surface area contributed by atoms with Gasteiger partial charge in [-0.25, -0.2) is 0 Å². The summed E-state index contributed by atoms with van der Waals surface area (Å²) in [7, 11) is 0. The molecule has 1 aromatic heterocycles. The molecular formula is C15H19N3O. The first-order valence-corrected chi connectivity index (χ1v) is 6.72. The average Bonchev–Trinajstić information content (AvgIpc) is 3.19. The van der Waals surface area contributed by atoms with Crippen molar-refractivity contribution in [2.24, 2.45) is 5.41 Å². The van der Waals surface area contributed by atoms with Gasteiger partial charge < -0.3 is 16.2 Å². The molecule has 0 unspecified atom stereocenters. The molecule has 0 aliphatic heterocycles. The fourth-order valence-electron chi connectivity index (χ4n) is 2.54. The van der Waals surface area contributed by atoms with Gasteiger partial charge in [0.25, 0.3) is 0 Å².